The van der Waals surface area contributed by atoms with Gasteiger partial charge in [-0.25, -0.2) is 4.68 Å². The number of hydrogen-bond acceptors (Lipinski definition) is 4. The number of aryl methyl sites for hydroxylation is 1. The molecule has 0 spiro atoms. The maximum absolute atomic E-state index is 12.9. The first kappa shape index (κ1) is 18.6. The fourth-order valence-electron chi connectivity index (χ4n) is 3.14. The summed E-state index contributed by atoms with van der Waals surface area (Å²) in [5.41, 5.74) is 3.77. The standard InChI is InChI=1S/C23H20N4O2/c1-15-8-10-17(11-9-15)19-12-13-22(28)27(26-19)16(2)23(29)25-21-7-3-6-20-18(21)5-4-14-24-20/h3-14,16H,1-2H3,(H,25,29). The summed E-state index contributed by atoms with van der Waals surface area (Å²) in [5.74, 6) is -0.322. The van der Waals surface area contributed by atoms with Crippen LogP contribution in [0.1, 0.15) is 18.5 Å². The summed E-state index contributed by atoms with van der Waals surface area (Å²) >= 11 is 0. The van der Waals surface area contributed by atoms with E-state index in [1.54, 1.807) is 19.2 Å². The Kier molecular flexibility index (Phi) is 4.91. The topological polar surface area (TPSA) is 76.9 Å². The van der Waals surface area contributed by atoms with E-state index in [4.69, 9.17) is 0 Å². The second-order valence-electron chi connectivity index (χ2n) is 6.91. The highest BCUT2D eigenvalue weighted by atomic mass is 16.2. The Bertz CT molecular complexity index is 1240. The van der Waals surface area contributed by atoms with Crippen molar-refractivity contribution in [3.8, 4) is 11.3 Å². The molecular weight excluding hydrogens is 364 g/mol. The van der Waals surface area contributed by atoms with Gasteiger partial charge in [-0.1, -0.05) is 35.9 Å². The molecule has 1 atom stereocenters. The zero-order chi connectivity index (χ0) is 20.4. The van der Waals surface area contributed by atoms with Crippen LogP contribution < -0.4 is 10.9 Å². The lowest BCUT2D eigenvalue weighted by Gasteiger charge is -2.16. The average Bonchev–Trinajstić information content (AvgIpc) is 2.74. The van der Waals surface area contributed by atoms with E-state index < -0.39 is 6.04 Å². The van der Waals surface area contributed by atoms with Crippen LogP contribution >= 0.6 is 0 Å². The highest BCUT2D eigenvalue weighted by Crippen LogP contribution is 2.22. The molecule has 2 aromatic heterocycles. The predicted octanol–water partition coefficient (Wildman–Crippen LogP) is 3.97. The van der Waals surface area contributed by atoms with Gasteiger partial charge in [-0.2, -0.15) is 5.10 Å². The van der Waals surface area contributed by atoms with E-state index in [1.165, 1.54) is 10.7 Å². The normalized spacial score (nSPS) is 11.9. The molecule has 6 heteroatoms. The van der Waals surface area contributed by atoms with E-state index >= 15 is 0 Å². The monoisotopic (exact) mass is 384 g/mol. The molecular formula is C23H20N4O2. The Labute approximate surface area is 167 Å². The molecule has 4 aromatic rings. The van der Waals surface area contributed by atoms with Gasteiger partial charge in [0.1, 0.15) is 6.04 Å². The summed E-state index contributed by atoms with van der Waals surface area (Å²) in [6.45, 7) is 3.67. The van der Waals surface area contributed by atoms with Crippen LogP contribution in [0.25, 0.3) is 22.2 Å². The first-order chi connectivity index (χ1) is 14.0. The highest BCUT2D eigenvalue weighted by Gasteiger charge is 2.19. The van der Waals surface area contributed by atoms with Crippen LogP contribution in [0.4, 0.5) is 5.69 Å². The van der Waals surface area contributed by atoms with Crippen LogP contribution in [-0.2, 0) is 4.79 Å². The summed E-state index contributed by atoms with van der Waals surface area (Å²) in [5, 5.41) is 8.16. The zero-order valence-electron chi connectivity index (χ0n) is 16.2. The molecule has 1 unspecified atom stereocenters. The molecule has 2 aromatic carbocycles. The van der Waals surface area contributed by atoms with Gasteiger partial charge in [-0.15, -0.1) is 0 Å². The predicted molar refractivity (Wildman–Crippen MR) is 114 cm³/mol. The van der Waals surface area contributed by atoms with Gasteiger partial charge in [-0.3, -0.25) is 14.6 Å². The van der Waals surface area contributed by atoms with E-state index in [2.05, 4.69) is 15.4 Å². The molecule has 0 aliphatic rings. The molecule has 0 radical (unpaired) electrons. The van der Waals surface area contributed by atoms with Gasteiger partial charge in [0.25, 0.3) is 5.56 Å². The third kappa shape index (κ3) is 3.78. The average molecular weight is 384 g/mol. The number of aromatic nitrogens is 3. The SMILES string of the molecule is Cc1ccc(-c2ccc(=O)n(C(C)C(=O)Nc3cccc4ncccc34)n2)cc1. The summed E-state index contributed by atoms with van der Waals surface area (Å²) in [6, 6.07) is 19.4. The number of rotatable bonds is 4. The zero-order valence-corrected chi connectivity index (χ0v) is 16.2. The quantitative estimate of drug-likeness (QED) is 0.578. The molecule has 0 aliphatic heterocycles. The van der Waals surface area contributed by atoms with E-state index in [9.17, 15) is 9.59 Å². The molecule has 6 nitrogen and oxygen atoms in total. The van der Waals surface area contributed by atoms with Crippen LogP contribution in [0.5, 0.6) is 0 Å². The third-order valence-corrected chi connectivity index (χ3v) is 4.82. The lowest BCUT2D eigenvalue weighted by Crippen LogP contribution is -2.33. The minimum absolute atomic E-state index is 0.322. The van der Waals surface area contributed by atoms with E-state index in [0.717, 1.165) is 22.0 Å². The number of carbonyl (C=O) groups excluding carboxylic acids is 1. The third-order valence-electron chi connectivity index (χ3n) is 4.82. The fraction of sp³-hybridized carbons (Fsp3) is 0.130. The summed E-state index contributed by atoms with van der Waals surface area (Å²) in [6.07, 6.45) is 1.70. The second kappa shape index (κ2) is 7.67. The van der Waals surface area contributed by atoms with Crippen molar-refractivity contribution in [2.24, 2.45) is 0 Å². The van der Waals surface area contributed by atoms with Gasteiger partial charge in [0.05, 0.1) is 16.9 Å². The lowest BCUT2D eigenvalue weighted by atomic mass is 10.1. The summed E-state index contributed by atoms with van der Waals surface area (Å²) < 4.78 is 1.22. The van der Waals surface area contributed by atoms with Gasteiger partial charge in [-0.05, 0) is 44.2 Å². The van der Waals surface area contributed by atoms with Crippen LogP contribution in [0.2, 0.25) is 0 Å². The van der Waals surface area contributed by atoms with Gasteiger partial charge in [0, 0.05) is 23.2 Å². The van der Waals surface area contributed by atoms with E-state index in [1.807, 2.05) is 61.5 Å². The van der Waals surface area contributed by atoms with Crippen molar-refractivity contribution in [3.63, 3.8) is 0 Å². The van der Waals surface area contributed by atoms with Crippen molar-refractivity contribution >= 4 is 22.5 Å². The highest BCUT2D eigenvalue weighted by molar-refractivity contribution is 6.02. The molecule has 1 amide bonds. The minimum atomic E-state index is -0.778. The molecule has 0 fully saturated rings. The maximum Gasteiger partial charge on any atom is 0.267 e. The van der Waals surface area contributed by atoms with E-state index in [0.29, 0.717) is 11.4 Å². The number of fused-ring (bicyclic) bond motifs is 1. The first-order valence-corrected chi connectivity index (χ1v) is 9.34. The molecule has 144 valence electrons. The molecule has 0 saturated heterocycles. The molecule has 0 saturated carbocycles. The number of hydrogen-bond donors (Lipinski definition) is 1. The largest absolute Gasteiger partial charge is 0.324 e. The number of benzene rings is 2. The molecule has 29 heavy (non-hydrogen) atoms. The Hall–Kier alpha value is -3.80. The van der Waals surface area contributed by atoms with Crippen LogP contribution in [0.15, 0.2) is 77.7 Å². The second-order valence-corrected chi connectivity index (χ2v) is 6.91. The van der Waals surface area contributed by atoms with Crippen LogP contribution in [-0.4, -0.2) is 20.7 Å². The molecule has 2 heterocycles. The van der Waals surface area contributed by atoms with Crippen LogP contribution in [0, 0.1) is 6.92 Å². The Balaban J connectivity index is 1.64. The summed E-state index contributed by atoms with van der Waals surface area (Å²) in [7, 11) is 0. The van der Waals surface area contributed by atoms with Crippen molar-refractivity contribution in [2.75, 3.05) is 5.32 Å². The van der Waals surface area contributed by atoms with Crippen LogP contribution in [0.3, 0.4) is 0 Å². The van der Waals surface area contributed by atoms with Crippen molar-refractivity contribution in [1.82, 2.24) is 14.8 Å². The Morgan fingerprint density at radius 1 is 1.00 bits per heavy atom. The number of nitrogens with zero attached hydrogens (tertiary/aromatic N) is 3. The first-order valence-electron chi connectivity index (χ1n) is 9.34. The number of amides is 1. The Morgan fingerprint density at radius 3 is 2.59 bits per heavy atom. The van der Waals surface area contributed by atoms with Gasteiger partial charge >= 0.3 is 0 Å². The fourth-order valence-corrected chi connectivity index (χ4v) is 3.14. The van der Waals surface area contributed by atoms with Gasteiger partial charge in [0.2, 0.25) is 5.91 Å². The van der Waals surface area contributed by atoms with E-state index in [-0.39, 0.29) is 11.5 Å². The Morgan fingerprint density at radius 2 is 1.79 bits per heavy atom. The minimum Gasteiger partial charge on any atom is -0.324 e. The van der Waals surface area contributed by atoms with Crippen molar-refractivity contribution in [1.29, 1.82) is 0 Å². The number of pyridine rings is 1. The number of anilines is 1. The van der Waals surface area contributed by atoms with Gasteiger partial charge in [0.15, 0.2) is 0 Å². The molecule has 4 rings (SSSR count). The number of carbonyl (C=O) groups is 1. The molecule has 1 N–H and O–H groups in total. The van der Waals surface area contributed by atoms with Gasteiger partial charge < -0.3 is 5.32 Å². The van der Waals surface area contributed by atoms with Crippen molar-refractivity contribution in [3.05, 3.63) is 88.8 Å². The molecule has 0 aliphatic carbocycles. The summed E-state index contributed by atoms with van der Waals surface area (Å²) in [4.78, 5) is 29.5. The smallest absolute Gasteiger partial charge is 0.267 e. The van der Waals surface area contributed by atoms with Crippen molar-refractivity contribution in [2.45, 2.75) is 19.9 Å². The number of nitrogens with one attached hydrogen (secondary N) is 1. The van der Waals surface area contributed by atoms with Crippen molar-refractivity contribution < 1.29 is 4.79 Å². The maximum atomic E-state index is 12.9. The lowest BCUT2D eigenvalue weighted by molar-refractivity contribution is -0.119. The molecule has 0 bridgehead atoms.